The summed E-state index contributed by atoms with van der Waals surface area (Å²) >= 11 is 0. The average molecular weight is 343 g/mol. The first-order chi connectivity index (χ1) is 12.2. The summed E-state index contributed by atoms with van der Waals surface area (Å²) in [7, 11) is 1.61. The van der Waals surface area contributed by atoms with E-state index in [0.717, 1.165) is 44.2 Å². The first-order valence-electron chi connectivity index (χ1n) is 8.51. The fourth-order valence-electron chi connectivity index (χ4n) is 2.62. The Morgan fingerprint density at radius 2 is 2.20 bits per heavy atom. The van der Waals surface area contributed by atoms with Crippen LogP contribution in [-0.4, -0.2) is 68.8 Å². The van der Waals surface area contributed by atoms with Crippen LogP contribution in [0, 0.1) is 11.3 Å². The molecule has 134 valence electrons. The first-order valence-corrected chi connectivity index (χ1v) is 8.51. The second-order valence-electron chi connectivity index (χ2n) is 5.80. The summed E-state index contributed by atoms with van der Waals surface area (Å²) in [6.45, 7) is 5.11. The van der Waals surface area contributed by atoms with Crippen molar-refractivity contribution in [3.8, 4) is 11.8 Å². The standard InChI is InChI=1S/C19H25N3O3/c1-24-18-5-2-4-17(16-18)6-7-19(23)22(9-3-8-20)11-10-21-12-14-25-15-13-21/h2,4-7,16H,3,9-15H2,1H3/b7-6+. The van der Waals surface area contributed by atoms with Gasteiger partial charge in [0.1, 0.15) is 5.75 Å². The molecule has 1 amide bonds. The second kappa shape index (κ2) is 10.5. The third-order valence-electron chi connectivity index (χ3n) is 4.11. The summed E-state index contributed by atoms with van der Waals surface area (Å²) in [5.74, 6) is 0.676. The molecule has 0 aliphatic carbocycles. The van der Waals surface area contributed by atoms with Gasteiger partial charge in [-0.15, -0.1) is 0 Å². The quantitative estimate of drug-likeness (QED) is 0.673. The number of hydrogen-bond donors (Lipinski definition) is 0. The molecule has 0 atom stereocenters. The highest BCUT2D eigenvalue weighted by atomic mass is 16.5. The van der Waals surface area contributed by atoms with Crippen molar-refractivity contribution in [2.75, 3.05) is 53.0 Å². The van der Waals surface area contributed by atoms with E-state index in [1.54, 1.807) is 24.2 Å². The molecular weight excluding hydrogens is 318 g/mol. The minimum Gasteiger partial charge on any atom is -0.497 e. The van der Waals surface area contributed by atoms with Crippen molar-refractivity contribution in [3.05, 3.63) is 35.9 Å². The van der Waals surface area contributed by atoms with Gasteiger partial charge in [0.05, 0.1) is 32.8 Å². The smallest absolute Gasteiger partial charge is 0.246 e. The van der Waals surface area contributed by atoms with Crippen LogP contribution >= 0.6 is 0 Å². The summed E-state index contributed by atoms with van der Waals surface area (Å²) in [5, 5.41) is 8.83. The fourth-order valence-corrected chi connectivity index (χ4v) is 2.62. The molecule has 6 nitrogen and oxygen atoms in total. The Morgan fingerprint density at radius 1 is 1.40 bits per heavy atom. The molecule has 2 rings (SSSR count). The molecule has 1 heterocycles. The number of hydrogen-bond acceptors (Lipinski definition) is 5. The number of amides is 1. The summed E-state index contributed by atoms with van der Waals surface area (Å²) in [6, 6.07) is 9.65. The van der Waals surface area contributed by atoms with Gasteiger partial charge in [0.25, 0.3) is 0 Å². The monoisotopic (exact) mass is 343 g/mol. The third kappa shape index (κ3) is 6.57. The lowest BCUT2D eigenvalue weighted by molar-refractivity contribution is -0.126. The third-order valence-corrected chi connectivity index (χ3v) is 4.11. The maximum Gasteiger partial charge on any atom is 0.246 e. The molecule has 1 aromatic rings. The summed E-state index contributed by atoms with van der Waals surface area (Å²) in [6.07, 6.45) is 3.67. The Kier molecular flexibility index (Phi) is 7.96. The van der Waals surface area contributed by atoms with Crippen molar-refractivity contribution in [3.63, 3.8) is 0 Å². The highest BCUT2D eigenvalue weighted by Crippen LogP contribution is 2.13. The predicted octanol–water partition coefficient (Wildman–Crippen LogP) is 1.78. The fraction of sp³-hybridized carbons (Fsp3) is 0.474. The molecule has 0 unspecified atom stereocenters. The van der Waals surface area contributed by atoms with E-state index in [-0.39, 0.29) is 5.91 Å². The summed E-state index contributed by atoms with van der Waals surface area (Å²) < 4.78 is 10.5. The number of rotatable bonds is 8. The van der Waals surface area contributed by atoms with Crippen LogP contribution < -0.4 is 4.74 Å². The molecule has 25 heavy (non-hydrogen) atoms. The Labute approximate surface area is 149 Å². The molecule has 0 aromatic heterocycles. The van der Waals surface area contributed by atoms with Gasteiger partial charge in [0.2, 0.25) is 5.91 Å². The van der Waals surface area contributed by atoms with Crippen LogP contribution in [0.5, 0.6) is 5.75 Å². The zero-order chi connectivity index (χ0) is 17.9. The number of ether oxygens (including phenoxy) is 2. The molecule has 1 fully saturated rings. The molecule has 0 bridgehead atoms. The van der Waals surface area contributed by atoms with Gasteiger partial charge in [-0.2, -0.15) is 5.26 Å². The zero-order valence-electron chi connectivity index (χ0n) is 14.7. The van der Waals surface area contributed by atoms with Crippen LogP contribution in [0.25, 0.3) is 6.08 Å². The van der Waals surface area contributed by atoms with Crippen molar-refractivity contribution < 1.29 is 14.3 Å². The van der Waals surface area contributed by atoms with Crippen LogP contribution in [-0.2, 0) is 9.53 Å². The average Bonchev–Trinajstić information content (AvgIpc) is 2.67. The Bertz CT molecular complexity index is 619. The largest absolute Gasteiger partial charge is 0.497 e. The molecular formula is C19H25N3O3. The second-order valence-corrected chi connectivity index (χ2v) is 5.80. The molecule has 1 aliphatic rings. The van der Waals surface area contributed by atoms with Gasteiger partial charge in [-0.25, -0.2) is 0 Å². The molecule has 0 N–H and O–H groups in total. The molecule has 1 aliphatic heterocycles. The van der Waals surface area contributed by atoms with Crippen molar-refractivity contribution in [1.82, 2.24) is 9.80 Å². The topological polar surface area (TPSA) is 65.8 Å². The van der Waals surface area contributed by atoms with E-state index in [2.05, 4.69) is 11.0 Å². The van der Waals surface area contributed by atoms with Gasteiger partial charge < -0.3 is 14.4 Å². The maximum atomic E-state index is 12.5. The zero-order valence-corrected chi connectivity index (χ0v) is 14.7. The number of methoxy groups -OCH3 is 1. The Hall–Kier alpha value is -2.36. The number of morpholine rings is 1. The van der Waals surface area contributed by atoms with Gasteiger partial charge in [0, 0.05) is 38.8 Å². The Morgan fingerprint density at radius 3 is 2.92 bits per heavy atom. The molecule has 0 saturated carbocycles. The molecule has 6 heteroatoms. The van der Waals surface area contributed by atoms with Crippen molar-refractivity contribution in [2.45, 2.75) is 6.42 Å². The van der Waals surface area contributed by atoms with Gasteiger partial charge in [-0.05, 0) is 23.8 Å². The molecule has 0 spiro atoms. The highest BCUT2D eigenvalue weighted by molar-refractivity contribution is 5.91. The lowest BCUT2D eigenvalue weighted by Gasteiger charge is -2.29. The minimum absolute atomic E-state index is 0.0775. The number of carbonyl (C=O) groups excluding carboxylic acids is 1. The molecule has 0 radical (unpaired) electrons. The van der Waals surface area contributed by atoms with E-state index in [9.17, 15) is 4.79 Å². The van der Waals surface area contributed by atoms with E-state index in [4.69, 9.17) is 14.7 Å². The van der Waals surface area contributed by atoms with Gasteiger partial charge >= 0.3 is 0 Å². The molecule has 1 aromatic carbocycles. The van der Waals surface area contributed by atoms with Crippen molar-refractivity contribution in [2.24, 2.45) is 0 Å². The number of nitriles is 1. The van der Waals surface area contributed by atoms with Crippen LogP contribution in [0.2, 0.25) is 0 Å². The van der Waals surface area contributed by atoms with Crippen LogP contribution in [0.15, 0.2) is 30.3 Å². The Balaban J connectivity index is 1.93. The minimum atomic E-state index is -0.0775. The van der Waals surface area contributed by atoms with Crippen LogP contribution in [0.1, 0.15) is 12.0 Å². The van der Waals surface area contributed by atoms with E-state index in [1.165, 1.54) is 0 Å². The van der Waals surface area contributed by atoms with E-state index in [1.807, 2.05) is 24.3 Å². The number of benzene rings is 1. The predicted molar refractivity (Wildman–Crippen MR) is 96.1 cm³/mol. The van der Waals surface area contributed by atoms with Crippen LogP contribution in [0.4, 0.5) is 0 Å². The van der Waals surface area contributed by atoms with Gasteiger partial charge in [0.15, 0.2) is 0 Å². The van der Waals surface area contributed by atoms with E-state index >= 15 is 0 Å². The molecule has 1 saturated heterocycles. The number of carbonyl (C=O) groups is 1. The van der Waals surface area contributed by atoms with Gasteiger partial charge in [-0.3, -0.25) is 9.69 Å². The number of nitrogens with zero attached hydrogens (tertiary/aromatic N) is 3. The lowest BCUT2D eigenvalue weighted by atomic mass is 10.2. The SMILES string of the molecule is COc1cccc(/C=C/C(=O)N(CCC#N)CCN2CCOCC2)c1. The van der Waals surface area contributed by atoms with Crippen molar-refractivity contribution in [1.29, 1.82) is 5.26 Å². The lowest BCUT2D eigenvalue weighted by Crippen LogP contribution is -2.43. The maximum absolute atomic E-state index is 12.5. The van der Waals surface area contributed by atoms with Crippen LogP contribution in [0.3, 0.4) is 0 Å². The summed E-state index contributed by atoms with van der Waals surface area (Å²) in [5.41, 5.74) is 0.904. The highest BCUT2D eigenvalue weighted by Gasteiger charge is 2.14. The summed E-state index contributed by atoms with van der Waals surface area (Å²) in [4.78, 5) is 16.5. The van der Waals surface area contributed by atoms with E-state index < -0.39 is 0 Å². The first kappa shape index (κ1) is 19.0. The van der Waals surface area contributed by atoms with Crippen molar-refractivity contribution >= 4 is 12.0 Å². The van der Waals surface area contributed by atoms with Gasteiger partial charge in [-0.1, -0.05) is 12.1 Å². The van der Waals surface area contributed by atoms with E-state index in [0.29, 0.717) is 19.5 Å². The normalized spacial score (nSPS) is 15.0.